The van der Waals surface area contributed by atoms with Crippen LogP contribution < -0.4 is 5.32 Å². The molecule has 1 aliphatic heterocycles. The van der Waals surface area contributed by atoms with Gasteiger partial charge in [0.1, 0.15) is 5.41 Å². The highest BCUT2D eigenvalue weighted by atomic mass is 79.9. The van der Waals surface area contributed by atoms with Gasteiger partial charge in [-0.15, -0.1) is 0 Å². The number of rotatable bonds is 4. The molecule has 2 rings (SSSR count). The van der Waals surface area contributed by atoms with Gasteiger partial charge in [-0.1, -0.05) is 41.9 Å². The fraction of sp³-hybridized carbons (Fsp3) is 0.400. The minimum atomic E-state index is -1.14. The van der Waals surface area contributed by atoms with E-state index in [0.717, 1.165) is 14.9 Å². The monoisotopic (exact) mass is 352 g/mol. The van der Waals surface area contributed by atoms with Crippen molar-refractivity contribution < 1.29 is 14.4 Å². The van der Waals surface area contributed by atoms with E-state index >= 15 is 0 Å². The highest BCUT2D eigenvalue weighted by Crippen LogP contribution is 2.33. The van der Waals surface area contributed by atoms with Gasteiger partial charge in [-0.2, -0.15) is 0 Å². The van der Waals surface area contributed by atoms with Crippen molar-refractivity contribution in [2.24, 2.45) is 5.41 Å². The molecule has 1 fully saturated rings. The van der Waals surface area contributed by atoms with Crippen LogP contribution in [0.1, 0.15) is 32.3 Å². The fourth-order valence-electron chi connectivity index (χ4n) is 2.52. The van der Waals surface area contributed by atoms with Crippen molar-refractivity contribution in [2.75, 3.05) is 0 Å². The number of amides is 4. The van der Waals surface area contributed by atoms with E-state index in [2.05, 4.69) is 21.2 Å². The van der Waals surface area contributed by atoms with Crippen molar-refractivity contribution in [3.63, 3.8) is 0 Å². The molecule has 0 aromatic heterocycles. The molecule has 112 valence electrons. The van der Waals surface area contributed by atoms with Gasteiger partial charge in [-0.05, 0) is 30.5 Å². The predicted octanol–water partition coefficient (Wildman–Crippen LogP) is 2.83. The van der Waals surface area contributed by atoms with Crippen molar-refractivity contribution in [1.82, 2.24) is 10.2 Å². The number of benzene rings is 1. The largest absolute Gasteiger partial charge is 0.331 e. The van der Waals surface area contributed by atoms with Gasteiger partial charge < -0.3 is 0 Å². The van der Waals surface area contributed by atoms with Gasteiger partial charge in [0.2, 0.25) is 11.8 Å². The molecule has 0 radical (unpaired) electrons. The Morgan fingerprint density at radius 2 is 1.67 bits per heavy atom. The summed E-state index contributed by atoms with van der Waals surface area (Å²) >= 11 is 3.34. The molecule has 0 spiro atoms. The Morgan fingerprint density at radius 3 is 2.19 bits per heavy atom. The summed E-state index contributed by atoms with van der Waals surface area (Å²) in [7, 11) is 0. The summed E-state index contributed by atoms with van der Waals surface area (Å²) in [5.41, 5.74) is -0.305. The van der Waals surface area contributed by atoms with Crippen LogP contribution in [0.2, 0.25) is 0 Å². The maximum absolute atomic E-state index is 12.6. The number of carbonyl (C=O) groups excluding carboxylic acids is 3. The normalized spacial score (nSPS) is 17.9. The second-order valence-corrected chi connectivity index (χ2v) is 5.98. The minimum Gasteiger partial charge on any atom is -0.277 e. The highest BCUT2D eigenvalue weighted by molar-refractivity contribution is 9.10. The van der Waals surface area contributed by atoms with E-state index < -0.39 is 23.3 Å². The van der Waals surface area contributed by atoms with Crippen LogP contribution in [-0.4, -0.2) is 22.7 Å². The van der Waals surface area contributed by atoms with Crippen LogP contribution >= 0.6 is 15.9 Å². The molecule has 0 bridgehead atoms. The van der Waals surface area contributed by atoms with Crippen molar-refractivity contribution >= 4 is 33.8 Å². The summed E-state index contributed by atoms with van der Waals surface area (Å²) in [4.78, 5) is 37.8. The van der Waals surface area contributed by atoms with Gasteiger partial charge in [0, 0.05) is 4.47 Å². The topological polar surface area (TPSA) is 66.5 Å². The van der Waals surface area contributed by atoms with Crippen LogP contribution in [0.4, 0.5) is 4.79 Å². The van der Waals surface area contributed by atoms with E-state index in [9.17, 15) is 14.4 Å². The van der Waals surface area contributed by atoms with E-state index in [1.807, 2.05) is 24.3 Å². The number of imide groups is 2. The lowest BCUT2D eigenvalue weighted by atomic mass is 9.78. The number of nitrogens with one attached hydrogen (secondary N) is 1. The van der Waals surface area contributed by atoms with Crippen molar-refractivity contribution in [1.29, 1.82) is 0 Å². The summed E-state index contributed by atoms with van der Waals surface area (Å²) < 4.78 is 0.923. The van der Waals surface area contributed by atoms with E-state index in [-0.39, 0.29) is 6.54 Å². The summed E-state index contributed by atoms with van der Waals surface area (Å²) in [6.07, 6.45) is 0.747. The van der Waals surface area contributed by atoms with Gasteiger partial charge in [-0.3, -0.25) is 19.8 Å². The standard InChI is InChI=1S/C15H17BrN2O3/c1-3-15(4-2)12(19)17-14(21)18(13(15)20)9-10-5-7-11(16)8-6-10/h5-8H,3-4,9H2,1-2H3,(H,17,19,21). The van der Waals surface area contributed by atoms with Gasteiger partial charge in [0.25, 0.3) is 0 Å². The molecule has 0 atom stereocenters. The summed E-state index contributed by atoms with van der Waals surface area (Å²) in [5.74, 6) is -0.904. The first-order valence-electron chi connectivity index (χ1n) is 6.86. The van der Waals surface area contributed by atoms with Crippen LogP contribution in [0, 0.1) is 5.41 Å². The molecule has 1 aromatic carbocycles. The molecule has 21 heavy (non-hydrogen) atoms. The molecule has 5 nitrogen and oxygen atoms in total. The number of halogens is 1. The zero-order valence-corrected chi connectivity index (χ0v) is 13.6. The van der Waals surface area contributed by atoms with Gasteiger partial charge in [-0.25, -0.2) is 4.79 Å². The number of barbiturate groups is 1. The number of hydrogen-bond donors (Lipinski definition) is 1. The Bertz CT molecular complexity index is 579. The summed E-state index contributed by atoms with van der Waals surface area (Å²) in [5, 5.41) is 2.30. The van der Waals surface area contributed by atoms with Gasteiger partial charge in [0.05, 0.1) is 6.54 Å². The van der Waals surface area contributed by atoms with Crippen molar-refractivity contribution in [3.05, 3.63) is 34.3 Å². The lowest BCUT2D eigenvalue weighted by molar-refractivity contribution is -0.152. The first-order valence-corrected chi connectivity index (χ1v) is 7.65. The van der Waals surface area contributed by atoms with Crippen LogP contribution in [0.25, 0.3) is 0 Å². The maximum atomic E-state index is 12.6. The molecular weight excluding hydrogens is 336 g/mol. The van der Waals surface area contributed by atoms with E-state index in [4.69, 9.17) is 0 Å². The Balaban J connectivity index is 2.29. The lowest BCUT2D eigenvalue weighted by Gasteiger charge is -2.38. The molecule has 0 saturated carbocycles. The Kier molecular flexibility index (Phi) is 4.46. The number of carbonyl (C=O) groups is 3. The van der Waals surface area contributed by atoms with Crippen LogP contribution in [0.5, 0.6) is 0 Å². The molecule has 0 aliphatic carbocycles. The second kappa shape index (κ2) is 5.97. The maximum Gasteiger partial charge on any atom is 0.331 e. The SMILES string of the molecule is CCC1(CC)C(=O)NC(=O)N(Cc2ccc(Br)cc2)C1=O. The summed E-state index contributed by atoms with van der Waals surface area (Å²) in [6, 6.07) is 6.71. The number of nitrogens with zero attached hydrogens (tertiary/aromatic N) is 1. The molecule has 1 aliphatic rings. The lowest BCUT2D eigenvalue weighted by Crippen LogP contribution is -2.63. The second-order valence-electron chi connectivity index (χ2n) is 5.07. The van der Waals surface area contributed by atoms with E-state index in [0.29, 0.717) is 12.8 Å². The minimum absolute atomic E-state index is 0.160. The zero-order valence-electron chi connectivity index (χ0n) is 12.0. The van der Waals surface area contributed by atoms with Crippen molar-refractivity contribution in [3.8, 4) is 0 Å². The van der Waals surface area contributed by atoms with E-state index in [1.165, 1.54) is 0 Å². The van der Waals surface area contributed by atoms with Crippen LogP contribution in [0.15, 0.2) is 28.7 Å². The number of urea groups is 1. The Hall–Kier alpha value is -1.69. The Labute approximate surface area is 131 Å². The third-order valence-electron chi connectivity index (χ3n) is 4.02. The van der Waals surface area contributed by atoms with Crippen molar-refractivity contribution in [2.45, 2.75) is 33.2 Å². The first-order chi connectivity index (χ1) is 9.94. The molecule has 6 heteroatoms. The quantitative estimate of drug-likeness (QED) is 0.847. The molecule has 1 heterocycles. The zero-order chi connectivity index (χ0) is 15.6. The highest BCUT2D eigenvalue weighted by Gasteiger charge is 2.51. The van der Waals surface area contributed by atoms with Crippen LogP contribution in [-0.2, 0) is 16.1 Å². The van der Waals surface area contributed by atoms with Gasteiger partial charge in [0.15, 0.2) is 0 Å². The number of hydrogen-bond acceptors (Lipinski definition) is 3. The molecular formula is C15H17BrN2O3. The Morgan fingerprint density at radius 1 is 1.10 bits per heavy atom. The van der Waals surface area contributed by atoms with E-state index in [1.54, 1.807) is 13.8 Å². The average Bonchev–Trinajstić information content (AvgIpc) is 2.47. The predicted molar refractivity (Wildman–Crippen MR) is 81.2 cm³/mol. The summed E-state index contributed by atoms with van der Waals surface area (Å²) in [6.45, 7) is 3.73. The first kappa shape index (κ1) is 15.7. The molecule has 0 unspecified atom stereocenters. The molecule has 1 aromatic rings. The fourth-order valence-corrected chi connectivity index (χ4v) is 2.79. The van der Waals surface area contributed by atoms with Crippen LogP contribution in [0.3, 0.4) is 0 Å². The molecule has 1 N–H and O–H groups in total. The molecule has 1 saturated heterocycles. The molecule has 4 amide bonds. The third-order valence-corrected chi connectivity index (χ3v) is 4.54. The smallest absolute Gasteiger partial charge is 0.277 e. The van der Waals surface area contributed by atoms with Gasteiger partial charge >= 0.3 is 6.03 Å². The average molecular weight is 353 g/mol. The third kappa shape index (κ3) is 2.72.